The van der Waals surface area contributed by atoms with Crippen molar-refractivity contribution in [2.24, 2.45) is 7.05 Å². The summed E-state index contributed by atoms with van der Waals surface area (Å²) in [5, 5.41) is 3.93. The van der Waals surface area contributed by atoms with Crippen LogP contribution in [0.5, 0.6) is 0 Å². The van der Waals surface area contributed by atoms with Gasteiger partial charge in [-0.25, -0.2) is 9.48 Å². The average Bonchev–Trinajstić information content (AvgIpc) is 2.44. The lowest BCUT2D eigenvalue weighted by Crippen LogP contribution is -2.20. The summed E-state index contributed by atoms with van der Waals surface area (Å²) in [7, 11) is 1.54. The number of aromatic amines is 2. The second-order valence-electron chi connectivity index (χ2n) is 2.84. The Morgan fingerprint density at radius 2 is 1.85 bits per heavy atom. The molecule has 0 aliphatic carbocycles. The summed E-state index contributed by atoms with van der Waals surface area (Å²) in [4.78, 5) is 27.3. The Morgan fingerprint density at radius 3 is 2.54 bits per heavy atom. The molecule has 2 aromatic heterocycles. The van der Waals surface area contributed by atoms with E-state index in [0.717, 1.165) is 0 Å². The van der Waals surface area contributed by atoms with E-state index >= 15 is 0 Å². The van der Waals surface area contributed by atoms with Gasteiger partial charge in [-0.05, 0) is 6.92 Å². The summed E-state index contributed by atoms with van der Waals surface area (Å²) in [5.41, 5.74) is 0.686. The molecular weight excluding hydrogens is 172 g/mol. The van der Waals surface area contributed by atoms with Gasteiger partial charge in [-0.1, -0.05) is 0 Å². The van der Waals surface area contributed by atoms with Gasteiger partial charge in [-0.15, -0.1) is 0 Å². The molecule has 0 bridgehead atoms. The second kappa shape index (κ2) is 2.32. The van der Waals surface area contributed by atoms with Crippen molar-refractivity contribution in [3.05, 3.63) is 26.5 Å². The Hall–Kier alpha value is -1.85. The number of nitrogens with zero attached hydrogens (tertiary/aromatic N) is 2. The third-order valence-corrected chi connectivity index (χ3v) is 1.90. The largest absolute Gasteiger partial charge is 0.324 e. The minimum atomic E-state index is -0.386. The van der Waals surface area contributed by atoms with Crippen molar-refractivity contribution in [1.82, 2.24) is 19.7 Å². The Balaban J connectivity index is 3.13. The summed E-state index contributed by atoms with van der Waals surface area (Å²) >= 11 is 0. The highest BCUT2D eigenvalue weighted by molar-refractivity contribution is 5.74. The van der Waals surface area contributed by atoms with Gasteiger partial charge in [0, 0.05) is 7.05 Å². The topological polar surface area (TPSA) is 83.5 Å². The first-order valence-corrected chi connectivity index (χ1v) is 3.75. The summed E-state index contributed by atoms with van der Waals surface area (Å²) in [6, 6.07) is 0. The van der Waals surface area contributed by atoms with Gasteiger partial charge in [0.05, 0.1) is 11.2 Å². The number of rotatable bonds is 0. The van der Waals surface area contributed by atoms with Crippen molar-refractivity contribution in [2.45, 2.75) is 6.92 Å². The molecule has 2 N–H and O–H groups in total. The van der Waals surface area contributed by atoms with Crippen LogP contribution in [0.3, 0.4) is 0 Å². The maximum Gasteiger partial charge on any atom is 0.324 e. The van der Waals surface area contributed by atoms with Gasteiger partial charge in [0.15, 0.2) is 0 Å². The molecule has 0 fully saturated rings. The van der Waals surface area contributed by atoms with Crippen LogP contribution in [0.25, 0.3) is 11.0 Å². The standard InChI is InChI=1S/C7H8N4O2/c1-3-4-5(9-7(13)8-4)6(12)11(2)10-3/h1-2H3,(H2,8,9,13). The maximum atomic E-state index is 11.4. The minimum absolute atomic E-state index is 0.278. The molecule has 13 heavy (non-hydrogen) atoms. The van der Waals surface area contributed by atoms with Crippen molar-refractivity contribution < 1.29 is 0 Å². The number of hydrogen-bond donors (Lipinski definition) is 2. The number of nitrogens with one attached hydrogen (secondary N) is 2. The van der Waals surface area contributed by atoms with Crippen LogP contribution in [-0.4, -0.2) is 19.7 Å². The van der Waals surface area contributed by atoms with Gasteiger partial charge in [-0.3, -0.25) is 4.79 Å². The summed E-state index contributed by atoms with van der Waals surface area (Å²) < 4.78 is 1.20. The van der Waals surface area contributed by atoms with E-state index in [9.17, 15) is 9.59 Å². The van der Waals surface area contributed by atoms with Crippen LogP contribution in [0, 0.1) is 6.92 Å². The molecule has 0 aromatic carbocycles. The number of H-pyrrole nitrogens is 2. The highest BCUT2D eigenvalue weighted by atomic mass is 16.1. The first-order chi connectivity index (χ1) is 6.09. The van der Waals surface area contributed by atoms with Crippen LogP contribution >= 0.6 is 0 Å². The van der Waals surface area contributed by atoms with Gasteiger partial charge in [0.1, 0.15) is 5.52 Å². The third kappa shape index (κ3) is 0.986. The molecule has 0 spiro atoms. The summed E-state index contributed by atoms with van der Waals surface area (Å²) in [5.74, 6) is 0. The van der Waals surface area contributed by atoms with Gasteiger partial charge < -0.3 is 9.97 Å². The second-order valence-corrected chi connectivity index (χ2v) is 2.84. The lowest BCUT2D eigenvalue weighted by molar-refractivity contribution is 0.703. The predicted octanol–water partition coefficient (Wildman–Crippen LogP) is -0.742. The normalized spacial score (nSPS) is 10.9. The van der Waals surface area contributed by atoms with Crippen molar-refractivity contribution in [1.29, 1.82) is 0 Å². The number of aryl methyl sites for hydroxylation is 2. The first-order valence-electron chi connectivity index (χ1n) is 3.75. The smallest absolute Gasteiger partial charge is 0.304 e. The molecular formula is C7H8N4O2. The van der Waals surface area contributed by atoms with Crippen LogP contribution < -0.4 is 11.2 Å². The molecule has 0 saturated heterocycles. The highest BCUT2D eigenvalue weighted by Crippen LogP contribution is 2.03. The molecule has 0 atom stereocenters. The molecule has 0 aliphatic rings. The van der Waals surface area contributed by atoms with Gasteiger partial charge >= 0.3 is 5.69 Å². The molecule has 6 heteroatoms. The van der Waals surface area contributed by atoms with E-state index in [1.54, 1.807) is 14.0 Å². The molecule has 0 radical (unpaired) electrons. The summed E-state index contributed by atoms with van der Waals surface area (Å²) in [6.07, 6.45) is 0. The number of fused-ring (bicyclic) bond motifs is 1. The molecule has 2 rings (SSSR count). The molecule has 0 saturated carbocycles. The number of imidazole rings is 1. The molecule has 0 unspecified atom stereocenters. The van der Waals surface area contributed by atoms with E-state index in [1.807, 2.05) is 0 Å². The monoisotopic (exact) mass is 180 g/mol. The fraction of sp³-hybridized carbons (Fsp3) is 0.286. The van der Waals surface area contributed by atoms with Crippen molar-refractivity contribution in [3.8, 4) is 0 Å². The maximum absolute atomic E-state index is 11.4. The number of hydrogen-bond acceptors (Lipinski definition) is 3. The minimum Gasteiger partial charge on any atom is -0.304 e. The van der Waals surface area contributed by atoms with Crippen molar-refractivity contribution in [3.63, 3.8) is 0 Å². The Labute approximate surface area is 72.2 Å². The Morgan fingerprint density at radius 1 is 1.23 bits per heavy atom. The van der Waals surface area contributed by atoms with Crippen LogP contribution in [-0.2, 0) is 7.05 Å². The molecule has 2 heterocycles. The van der Waals surface area contributed by atoms with E-state index in [-0.39, 0.29) is 16.8 Å². The van der Waals surface area contributed by atoms with Crippen molar-refractivity contribution in [2.75, 3.05) is 0 Å². The van der Waals surface area contributed by atoms with Crippen LogP contribution in [0.4, 0.5) is 0 Å². The molecule has 6 nitrogen and oxygen atoms in total. The van der Waals surface area contributed by atoms with E-state index in [4.69, 9.17) is 0 Å². The highest BCUT2D eigenvalue weighted by Gasteiger charge is 2.07. The molecule has 0 amide bonds. The van der Waals surface area contributed by atoms with Crippen LogP contribution in [0.15, 0.2) is 9.59 Å². The zero-order chi connectivity index (χ0) is 9.59. The van der Waals surface area contributed by atoms with E-state index < -0.39 is 0 Å². The SMILES string of the molecule is Cc1nn(C)c(=O)c2[nH]c(=O)[nH]c12. The zero-order valence-corrected chi connectivity index (χ0v) is 7.21. The third-order valence-electron chi connectivity index (χ3n) is 1.90. The van der Waals surface area contributed by atoms with Crippen LogP contribution in [0.1, 0.15) is 5.69 Å². The Bertz CT molecular complexity index is 574. The quantitative estimate of drug-likeness (QED) is 0.560. The fourth-order valence-electron chi connectivity index (χ4n) is 1.30. The van der Waals surface area contributed by atoms with Gasteiger partial charge in [0.25, 0.3) is 5.56 Å². The van der Waals surface area contributed by atoms with Gasteiger partial charge in [-0.2, -0.15) is 5.10 Å². The molecule has 68 valence electrons. The lowest BCUT2D eigenvalue weighted by Gasteiger charge is -1.97. The fourth-order valence-corrected chi connectivity index (χ4v) is 1.30. The van der Waals surface area contributed by atoms with E-state index in [2.05, 4.69) is 15.1 Å². The van der Waals surface area contributed by atoms with Crippen molar-refractivity contribution >= 4 is 11.0 Å². The van der Waals surface area contributed by atoms with E-state index in [0.29, 0.717) is 11.2 Å². The first kappa shape index (κ1) is 7.78. The number of aromatic nitrogens is 4. The van der Waals surface area contributed by atoms with Gasteiger partial charge in [0.2, 0.25) is 0 Å². The average molecular weight is 180 g/mol. The predicted molar refractivity (Wildman–Crippen MR) is 46.7 cm³/mol. The molecule has 2 aromatic rings. The summed E-state index contributed by atoms with van der Waals surface area (Å²) in [6.45, 7) is 1.73. The zero-order valence-electron chi connectivity index (χ0n) is 7.21. The van der Waals surface area contributed by atoms with E-state index in [1.165, 1.54) is 4.68 Å². The lowest BCUT2D eigenvalue weighted by atomic mass is 10.3. The molecule has 0 aliphatic heterocycles. The Kier molecular flexibility index (Phi) is 1.39. The van der Waals surface area contributed by atoms with Crippen LogP contribution in [0.2, 0.25) is 0 Å².